The lowest BCUT2D eigenvalue weighted by molar-refractivity contribution is -0.167. The highest BCUT2D eigenvalue weighted by molar-refractivity contribution is 5.95. The molecule has 0 aliphatic carbocycles. The van der Waals surface area contributed by atoms with Crippen LogP contribution in [0.3, 0.4) is 0 Å². The Morgan fingerprint density at radius 2 is 1.42 bits per heavy atom. The number of hydrogen-bond acceptors (Lipinski definition) is 4. The van der Waals surface area contributed by atoms with Gasteiger partial charge in [-0.3, -0.25) is 20.2 Å². The van der Waals surface area contributed by atoms with E-state index in [4.69, 9.17) is 0 Å². The summed E-state index contributed by atoms with van der Waals surface area (Å²) in [6.45, 7) is 0. The second-order valence-electron chi connectivity index (χ2n) is 2.91. The van der Waals surface area contributed by atoms with Crippen molar-refractivity contribution < 1.29 is 35.9 Å². The van der Waals surface area contributed by atoms with Gasteiger partial charge in [0.05, 0.1) is 0 Å². The van der Waals surface area contributed by atoms with Crippen LogP contribution in [0, 0.1) is 0 Å². The molecule has 19 heavy (non-hydrogen) atoms. The molecule has 0 aromatic carbocycles. The minimum absolute atomic E-state index is 0.875. The van der Waals surface area contributed by atoms with Crippen LogP contribution < -0.4 is 10.6 Å². The van der Waals surface area contributed by atoms with E-state index in [-0.39, 0.29) is 0 Å². The van der Waals surface area contributed by atoms with E-state index >= 15 is 0 Å². The van der Waals surface area contributed by atoms with E-state index in [2.05, 4.69) is 10.1 Å². The second-order valence-corrected chi connectivity index (χ2v) is 2.91. The molecule has 1 aromatic rings. The summed E-state index contributed by atoms with van der Waals surface area (Å²) in [5.74, 6) is -6.64. The molecule has 1 rings (SSSR count). The van der Waals surface area contributed by atoms with Gasteiger partial charge in [-0.1, -0.05) is 0 Å². The largest absolute Gasteiger partial charge is 0.471 e. The van der Waals surface area contributed by atoms with E-state index in [1.54, 1.807) is 5.10 Å². The summed E-state index contributed by atoms with van der Waals surface area (Å²) in [7, 11) is 0. The Hall–Kier alpha value is -2.34. The Labute approximate surface area is 98.9 Å². The number of rotatable bonds is 2. The van der Waals surface area contributed by atoms with Gasteiger partial charge < -0.3 is 0 Å². The summed E-state index contributed by atoms with van der Waals surface area (Å²) in [4.78, 5) is 23.8. The summed E-state index contributed by atoms with van der Waals surface area (Å²) in [6.07, 6.45) is -10.4. The SMILES string of the molecule is O=C(Nc1n[nH]c(NC(=O)C(F)(F)F)n1)C(F)(F)F. The molecule has 1 aromatic heterocycles. The molecule has 106 valence electrons. The normalized spacial score (nSPS) is 12.1. The summed E-state index contributed by atoms with van der Waals surface area (Å²) >= 11 is 0. The van der Waals surface area contributed by atoms with Gasteiger partial charge >= 0.3 is 24.2 Å². The molecule has 0 saturated carbocycles. The number of hydrogen-bond donors (Lipinski definition) is 3. The van der Waals surface area contributed by atoms with Crippen LogP contribution in [-0.2, 0) is 9.59 Å². The lowest BCUT2D eigenvalue weighted by Gasteiger charge is -2.04. The van der Waals surface area contributed by atoms with Crippen molar-refractivity contribution in [1.29, 1.82) is 0 Å². The maximum Gasteiger partial charge on any atom is 0.471 e. The predicted molar refractivity (Wildman–Crippen MR) is 45.8 cm³/mol. The zero-order chi connectivity index (χ0) is 14.8. The van der Waals surface area contributed by atoms with Crippen molar-refractivity contribution in [2.45, 2.75) is 12.4 Å². The number of alkyl halides is 6. The average Bonchev–Trinajstić information content (AvgIpc) is 2.62. The zero-order valence-electron chi connectivity index (χ0n) is 8.48. The highest BCUT2D eigenvalue weighted by Gasteiger charge is 2.40. The molecule has 3 N–H and O–H groups in total. The number of H-pyrrole nitrogens is 1. The number of anilines is 2. The van der Waals surface area contributed by atoms with Gasteiger partial charge in [0.15, 0.2) is 0 Å². The Bertz CT molecular complexity index is 449. The molecule has 0 saturated heterocycles. The summed E-state index contributed by atoms with van der Waals surface area (Å²) in [5, 5.41) is 7.00. The Kier molecular flexibility index (Phi) is 3.67. The van der Waals surface area contributed by atoms with Crippen molar-refractivity contribution in [2.24, 2.45) is 0 Å². The minimum Gasteiger partial charge on any atom is -0.287 e. The number of halogens is 6. The van der Waals surface area contributed by atoms with E-state index < -0.39 is 36.1 Å². The highest BCUT2D eigenvalue weighted by Crippen LogP contribution is 2.18. The van der Waals surface area contributed by atoms with E-state index in [1.165, 1.54) is 5.32 Å². The van der Waals surface area contributed by atoms with Crippen LogP contribution in [-0.4, -0.2) is 39.3 Å². The van der Waals surface area contributed by atoms with E-state index in [9.17, 15) is 35.9 Å². The summed E-state index contributed by atoms with van der Waals surface area (Å²) in [5.41, 5.74) is 0. The van der Waals surface area contributed by atoms with Crippen molar-refractivity contribution in [1.82, 2.24) is 15.2 Å². The molecule has 0 unspecified atom stereocenters. The van der Waals surface area contributed by atoms with Gasteiger partial charge in [-0.25, -0.2) is 5.10 Å². The quantitative estimate of drug-likeness (QED) is 0.702. The van der Waals surface area contributed by atoms with Crippen LogP contribution in [0.1, 0.15) is 0 Å². The molecule has 13 heteroatoms. The summed E-state index contributed by atoms with van der Waals surface area (Å²) < 4.78 is 70.9. The minimum atomic E-state index is -5.21. The fourth-order valence-electron chi connectivity index (χ4n) is 0.724. The van der Waals surface area contributed by atoms with Gasteiger partial charge in [0.1, 0.15) is 0 Å². The predicted octanol–water partition coefficient (Wildman–Crippen LogP) is 0.806. The second kappa shape index (κ2) is 4.74. The number of amides is 2. The number of aromatic amines is 1. The van der Waals surface area contributed by atoms with E-state index in [1.807, 2.05) is 0 Å². The van der Waals surface area contributed by atoms with Crippen LogP contribution >= 0.6 is 0 Å². The number of carbonyl (C=O) groups excluding carboxylic acids is 2. The monoisotopic (exact) mass is 291 g/mol. The Balaban J connectivity index is 2.69. The summed E-state index contributed by atoms with van der Waals surface area (Å²) in [6, 6.07) is 0. The van der Waals surface area contributed by atoms with Crippen LogP contribution in [0.4, 0.5) is 38.2 Å². The van der Waals surface area contributed by atoms with E-state index in [0.717, 1.165) is 5.32 Å². The molecule has 7 nitrogen and oxygen atoms in total. The van der Waals surface area contributed by atoms with Gasteiger partial charge in [0.25, 0.3) is 5.95 Å². The fraction of sp³-hybridized carbons (Fsp3) is 0.333. The van der Waals surface area contributed by atoms with Gasteiger partial charge in [-0.2, -0.15) is 31.3 Å². The van der Waals surface area contributed by atoms with Crippen molar-refractivity contribution in [3.63, 3.8) is 0 Å². The standard InChI is InChI=1S/C6H3F6N5O2/c7-5(8,9)1(18)13-3-15-4(17-16-3)14-2(19)6(10,11)12/h(H3,13,14,15,16,17,18,19). The van der Waals surface area contributed by atoms with Crippen LogP contribution in [0.25, 0.3) is 0 Å². The topological polar surface area (TPSA) is 99.8 Å². The number of carbonyl (C=O) groups is 2. The third-order valence-electron chi connectivity index (χ3n) is 1.46. The first kappa shape index (κ1) is 14.7. The molecular formula is C6H3F6N5O2. The molecule has 0 fully saturated rings. The van der Waals surface area contributed by atoms with Crippen molar-refractivity contribution in [3.8, 4) is 0 Å². The van der Waals surface area contributed by atoms with Crippen LogP contribution in [0.2, 0.25) is 0 Å². The Morgan fingerprint density at radius 3 is 1.89 bits per heavy atom. The van der Waals surface area contributed by atoms with Crippen molar-refractivity contribution in [3.05, 3.63) is 0 Å². The zero-order valence-corrected chi connectivity index (χ0v) is 8.48. The van der Waals surface area contributed by atoms with Crippen molar-refractivity contribution in [2.75, 3.05) is 10.6 Å². The van der Waals surface area contributed by atoms with Gasteiger partial charge in [0.2, 0.25) is 5.95 Å². The molecule has 0 aliphatic heterocycles. The van der Waals surface area contributed by atoms with Crippen LogP contribution in [0.15, 0.2) is 0 Å². The van der Waals surface area contributed by atoms with Gasteiger partial charge in [0, 0.05) is 0 Å². The van der Waals surface area contributed by atoms with Gasteiger partial charge in [-0.15, -0.1) is 5.10 Å². The molecule has 2 amide bonds. The average molecular weight is 291 g/mol. The first-order chi connectivity index (χ1) is 8.50. The third kappa shape index (κ3) is 4.11. The number of aromatic nitrogens is 3. The molecule has 0 atom stereocenters. The first-order valence-corrected chi connectivity index (χ1v) is 4.19. The molecule has 1 heterocycles. The Morgan fingerprint density at radius 1 is 0.947 bits per heavy atom. The molecule has 0 bridgehead atoms. The number of nitrogens with zero attached hydrogens (tertiary/aromatic N) is 2. The molecule has 0 radical (unpaired) electrons. The lowest BCUT2D eigenvalue weighted by atomic mass is 10.6. The van der Waals surface area contributed by atoms with E-state index in [0.29, 0.717) is 0 Å². The fourth-order valence-corrected chi connectivity index (χ4v) is 0.724. The molecule has 0 aliphatic rings. The smallest absolute Gasteiger partial charge is 0.287 e. The van der Waals surface area contributed by atoms with Crippen LogP contribution in [0.5, 0.6) is 0 Å². The third-order valence-corrected chi connectivity index (χ3v) is 1.46. The highest BCUT2D eigenvalue weighted by atomic mass is 19.4. The van der Waals surface area contributed by atoms with Crippen molar-refractivity contribution >= 4 is 23.7 Å². The number of nitrogens with one attached hydrogen (secondary N) is 3. The maximum absolute atomic E-state index is 11.8. The first-order valence-electron chi connectivity index (χ1n) is 4.19. The molecular weight excluding hydrogens is 288 g/mol. The maximum atomic E-state index is 11.8. The lowest BCUT2D eigenvalue weighted by Crippen LogP contribution is -2.31. The molecule has 0 spiro atoms. The van der Waals surface area contributed by atoms with Gasteiger partial charge in [-0.05, 0) is 0 Å².